The number of hydrogen-bond acceptors (Lipinski definition) is 5. The van der Waals surface area contributed by atoms with Gasteiger partial charge in [-0.25, -0.2) is 4.98 Å². The molecular weight excluding hydrogens is 340 g/mol. The normalized spacial score (nSPS) is 11.1. The number of H-pyrrole nitrogens is 1. The lowest BCUT2D eigenvalue weighted by atomic mass is 10.0. The molecule has 0 bridgehead atoms. The van der Waals surface area contributed by atoms with E-state index >= 15 is 0 Å². The van der Waals surface area contributed by atoms with E-state index in [-0.39, 0.29) is 6.61 Å². The van der Waals surface area contributed by atoms with E-state index in [0.717, 1.165) is 44.5 Å². The SMILES string of the molecule is Cc1cc(-c2[nH]ncc2CO)c2cccc(OCc3cnccc3C)c2n1. The van der Waals surface area contributed by atoms with Gasteiger partial charge in [-0.1, -0.05) is 12.1 Å². The van der Waals surface area contributed by atoms with E-state index in [9.17, 15) is 5.11 Å². The highest BCUT2D eigenvalue weighted by atomic mass is 16.5. The third-order valence-electron chi connectivity index (χ3n) is 4.62. The van der Waals surface area contributed by atoms with Crippen LogP contribution in [0.25, 0.3) is 22.2 Å². The first-order valence-electron chi connectivity index (χ1n) is 8.73. The highest BCUT2D eigenvalue weighted by molar-refractivity contribution is 5.97. The van der Waals surface area contributed by atoms with Crippen molar-refractivity contribution in [1.82, 2.24) is 20.2 Å². The van der Waals surface area contributed by atoms with E-state index in [2.05, 4.69) is 15.2 Å². The van der Waals surface area contributed by atoms with Crippen molar-refractivity contribution in [3.8, 4) is 17.0 Å². The number of pyridine rings is 2. The van der Waals surface area contributed by atoms with Crippen molar-refractivity contribution < 1.29 is 9.84 Å². The van der Waals surface area contributed by atoms with Crippen molar-refractivity contribution >= 4 is 10.9 Å². The third-order valence-corrected chi connectivity index (χ3v) is 4.62. The molecule has 0 spiro atoms. The number of aliphatic hydroxyl groups excluding tert-OH is 1. The summed E-state index contributed by atoms with van der Waals surface area (Å²) in [5.41, 5.74) is 6.32. The number of ether oxygens (including phenoxy) is 1. The molecule has 0 saturated carbocycles. The lowest BCUT2D eigenvalue weighted by Gasteiger charge is -2.13. The molecule has 0 unspecified atom stereocenters. The summed E-state index contributed by atoms with van der Waals surface area (Å²) in [6, 6.07) is 9.83. The van der Waals surface area contributed by atoms with Crippen molar-refractivity contribution in [2.24, 2.45) is 0 Å². The van der Waals surface area contributed by atoms with Crippen LogP contribution in [0.15, 0.2) is 48.9 Å². The van der Waals surface area contributed by atoms with Crippen LogP contribution in [0.1, 0.15) is 22.4 Å². The van der Waals surface area contributed by atoms with Crippen LogP contribution in [0.2, 0.25) is 0 Å². The van der Waals surface area contributed by atoms with E-state index in [1.54, 1.807) is 12.4 Å². The summed E-state index contributed by atoms with van der Waals surface area (Å²) < 4.78 is 6.09. The molecule has 2 N–H and O–H groups in total. The Hall–Kier alpha value is -3.25. The van der Waals surface area contributed by atoms with Gasteiger partial charge in [-0.05, 0) is 37.6 Å². The molecule has 0 aliphatic carbocycles. The molecule has 27 heavy (non-hydrogen) atoms. The third kappa shape index (κ3) is 3.27. The first kappa shape index (κ1) is 17.2. The number of aromatic nitrogens is 4. The Morgan fingerprint density at radius 1 is 1.11 bits per heavy atom. The van der Waals surface area contributed by atoms with Gasteiger partial charge in [-0.15, -0.1) is 0 Å². The quantitative estimate of drug-likeness (QED) is 0.567. The molecule has 0 radical (unpaired) electrons. The summed E-state index contributed by atoms with van der Waals surface area (Å²) in [6.07, 6.45) is 5.24. The van der Waals surface area contributed by atoms with Gasteiger partial charge >= 0.3 is 0 Å². The number of para-hydroxylation sites is 1. The molecule has 3 heterocycles. The average Bonchev–Trinajstić information content (AvgIpc) is 3.15. The maximum Gasteiger partial charge on any atom is 0.146 e. The fraction of sp³-hybridized carbons (Fsp3) is 0.190. The van der Waals surface area contributed by atoms with Gasteiger partial charge in [0.2, 0.25) is 0 Å². The minimum atomic E-state index is -0.0782. The molecule has 0 amide bonds. The summed E-state index contributed by atoms with van der Waals surface area (Å²) in [5, 5.41) is 17.6. The zero-order valence-electron chi connectivity index (χ0n) is 15.2. The number of fused-ring (bicyclic) bond motifs is 1. The monoisotopic (exact) mass is 360 g/mol. The van der Waals surface area contributed by atoms with Crippen LogP contribution in [-0.2, 0) is 13.2 Å². The number of hydrogen-bond donors (Lipinski definition) is 2. The predicted octanol–water partition coefficient (Wildman–Crippen LogP) is 3.71. The molecule has 3 aromatic heterocycles. The van der Waals surface area contributed by atoms with Gasteiger partial charge in [0.1, 0.15) is 17.9 Å². The molecule has 0 aliphatic heterocycles. The molecule has 0 saturated heterocycles. The standard InChI is InChI=1S/C21H20N4O2/c1-13-6-7-22-9-16(13)12-27-19-5-3-4-17-18(8-14(2)24-21(17)19)20-15(11-26)10-23-25-20/h3-10,26H,11-12H2,1-2H3,(H,23,25). The van der Waals surface area contributed by atoms with Crippen molar-refractivity contribution in [3.63, 3.8) is 0 Å². The second-order valence-electron chi connectivity index (χ2n) is 6.48. The smallest absolute Gasteiger partial charge is 0.146 e. The number of aliphatic hydroxyl groups is 1. The molecule has 1 aromatic carbocycles. The Morgan fingerprint density at radius 3 is 2.81 bits per heavy atom. The Bertz CT molecular complexity index is 1100. The maximum atomic E-state index is 9.59. The van der Waals surface area contributed by atoms with Crippen molar-refractivity contribution in [2.45, 2.75) is 27.1 Å². The van der Waals surface area contributed by atoms with Gasteiger partial charge in [-0.3, -0.25) is 10.1 Å². The summed E-state index contributed by atoms with van der Waals surface area (Å²) in [4.78, 5) is 8.87. The lowest BCUT2D eigenvalue weighted by Crippen LogP contribution is -2.00. The topological polar surface area (TPSA) is 83.9 Å². The molecule has 6 heteroatoms. The van der Waals surface area contributed by atoms with Crippen LogP contribution < -0.4 is 4.74 Å². The number of benzene rings is 1. The first-order chi connectivity index (χ1) is 13.2. The Kier molecular flexibility index (Phi) is 4.56. The van der Waals surface area contributed by atoms with E-state index in [1.165, 1.54) is 0 Å². The van der Waals surface area contributed by atoms with Crippen LogP contribution in [0, 0.1) is 13.8 Å². The molecular formula is C21H20N4O2. The second-order valence-corrected chi connectivity index (χ2v) is 6.48. The number of nitrogens with zero attached hydrogens (tertiary/aromatic N) is 3. The van der Waals surface area contributed by atoms with Crippen molar-refractivity contribution in [3.05, 3.63) is 71.3 Å². The highest BCUT2D eigenvalue weighted by Crippen LogP contribution is 2.34. The van der Waals surface area contributed by atoms with Gasteiger partial charge < -0.3 is 9.84 Å². The van der Waals surface area contributed by atoms with Gasteiger partial charge in [0.05, 0.1) is 18.5 Å². The second kappa shape index (κ2) is 7.17. The summed E-state index contributed by atoms with van der Waals surface area (Å²) >= 11 is 0. The van der Waals surface area contributed by atoms with Crippen molar-refractivity contribution in [2.75, 3.05) is 0 Å². The number of nitrogens with one attached hydrogen (secondary N) is 1. The molecule has 4 aromatic rings. The van der Waals surface area contributed by atoms with E-state index in [1.807, 2.05) is 50.4 Å². The molecule has 6 nitrogen and oxygen atoms in total. The van der Waals surface area contributed by atoms with Crippen LogP contribution >= 0.6 is 0 Å². The average molecular weight is 360 g/mol. The largest absolute Gasteiger partial charge is 0.487 e. The minimum absolute atomic E-state index is 0.0782. The zero-order chi connectivity index (χ0) is 18.8. The van der Waals surface area contributed by atoms with Gasteiger partial charge in [0.25, 0.3) is 0 Å². The fourth-order valence-electron chi connectivity index (χ4n) is 3.14. The number of rotatable bonds is 5. The molecule has 136 valence electrons. The van der Waals surface area contributed by atoms with Gasteiger partial charge in [0, 0.05) is 40.2 Å². The van der Waals surface area contributed by atoms with E-state index in [4.69, 9.17) is 9.72 Å². The number of aromatic amines is 1. The van der Waals surface area contributed by atoms with Crippen LogP contribution in [0.5, 0.6) is 5.75 Å². The first-order valence-corrected chi connectivity index (χ1v) is 8.73. The van der Waals surface area contributed by atoms with Crippen molar-refractivity contribution in [1.29, 1.82) is 0 Å². The minimum Gasteiger partial charge on any atom is -0.487 e. The predicted molar refractivity (Wildman–Crippen MR) is 103 cm³/mol. The van der Waals surface area contributed by atoms with Gasteiger partial charge in [0.15, 0.2) is 0 Å². The van der Waals surface area contributed by atoms with Gasteiger partial charge in [-0.2, -0.15) is 5.10 Å². The number of aryl methyl sites for hydroxylation is 2. The Balaban J connectivity index is 1.78. The lowest BCUT2D eigenvalue weighted by molar-refractivity contribution is 0.282. The van der Waals surface area contributed by atoms with E-state index in [0.29, 0.717) is 12.4 Å². The van der Waals surface area contributed by atoms with E-state index < -0.39 is 0 Å². The van der Waals surface area contributed by atoms with Crippen LogP contribution in [-0.4, -0.2) is 25.3 Å². The fourth-order valence-corrected chi connectivity index (χ4v) is 3.14. The highest BCUT2D eigenvalue weighted by Gasteiger charge is 2.15. The summed E-state index contributed by atoms with van der Waals surface area (Å²) in [7, 11) is 0. The molecule has 4 rings (SSSR count). The summed E-state index contributed by atoms with van der Waals surface area (Å²) in [5.74, 6) is 0.714. The zero-order valence-corrected chi connectivity index (χ0v) is 15.2. The maximum absolute atomic E-state index is 9.59. The van der Waals surface area contributed by atoms with Crippen LogP contribution in [0.3, 0.4) is 0 Å². The molecule has 0 atom stereocenters. The Labute approximate surface area is 156 Å². The molecule has 0 fully saturated rings. The summed E-state index contributed by atoms with van der Waals surface area (Å²) in [6.45, 7) is 4.33. The van der Waals surface area contributed by atoms with Crippen LogP contribution in [0.4, 0.5) is 0 Å². The molecule has 0 aliphatic rings. The Morgan fingerprint density at radius 2 is 2.00 bits per heavy atom.